The molecule has 0 unspecified atom stereocenters. The van der Waals surface area contributed by atoms with Gasteiger partial charge in [0.2, 0.25) is 0 Å². The molecule has 0 aliphatic carbocycles. The van der Waals surface area contributed by atoms with Gasteiger partial charge in [0, 0.05) is 22.6 Å². The van der Waals surface area contributed by atoms with Crippen molar-refractivity contribution in [1.82, 2.24) is 14.6 Å². The van der Waals surface area contributed by atoms with Crippen molar-refractivity contribution in [3.05, 3.63) is 40.8 Å². The highest BCUT2D eigenvalue weighted by Crippen LogP contribution is 2.46. The summed E-state index contributed by atoms with van der Waals surface area (Å²) in [5, 5.41) is 6.07. The third kappa shape index (κ3) is 3.79. The molecule has 2 N–H and O–H groups in total. The second kappa shape index (κ2) is 8.02. The van der Waals surface area contributed by atoms with Crippen molar-refractivity contribution in [2.75, 3.05) is 12.8 Å². The fourth-order valence-corrected chi connectivity index (χ4v) is 5.95. The minimum absolute atomic E-state index is 0.0835. The lowest BCUT2D eigenvalue weighted by Crippen LogP contribution is -2.40. The lowest BCUT2D eigenvalue weighted by atomic mass is 10.1. The third-order valence-corrected chi connectivity index (χ3v) is 12.4. The Hall–Kier alpha value is -2.13. The Morgan fingerprint density at radius 2 is 1.94 bits per heavy atom. The van der Waals surface area contributed by atoms with Gasteiger partial charge in [0.1, 0.15) is 22.7 Å². The van der Waals surface area contributed by atoms with Gasteiger partial charge < -0.3 is 14.9 Å². The van der Waals surface area contributed by atoms with E-state index in [1.54, 1.807) is 23.0 Å². The Labute approximate surface area is 198 Å². The predicted octanol–water partition coefficient (Wildman–Crippen LogP) is 6.69. The fraction of sp³-hybridized carbons (Fsp3) is 0.391. The number of nitrogen functional groups attached to an aromatic ring is 1. The van der Waals surface area contributed by atoms with Crippen LogP contribution in [0.5, 0.6) is 5.75 Å². The van der Waals surface area contributed by atoms with E-state index in [0.717, 1.165) is 37.4 Å². The molecule has 1 aromatic carbocycles. The highest BCUT2D eigenvalue weighted by Gasteiger charge is 2.28. The molecule has 0 fully saturated rings. The summed E-state index contributed by atoms with van der Waals surface area (Å²) in [6, 6.07) is 6.36. The number of thiophene rings is 1. The van der Waals surface area contributed by atoms with Crippen molar-refractivity contribution in [2.24, 2.45) is 0 Å². The Bertz CT molecular complexity index is 1320. The van der Waals surface area contributed by atoms with Crippen LogP contribution in [-0.4, -0.2) is 30.0 Å². The van der Waals surface area contributed by atoms with Crippen molar-refractivity contribution in [2.45, 2.75) is 52.4 Å². The summed E-state index contributed by atoms with van der Waals surface area (Å²) >= 11 is 8.49. The van der Waals surface area contributed by atoms with Gasteiger partial charge in [-0.25, -0.2) is 9.50 Å². The smallest absolute Gasteiger partial charge is 0.152 e. The minimum atomic E-state index is -2.00. The molecule has 9 heteroatoms. The lowest BCUT2D eigenvalue weighted by Gasteiger charge is -2.48. The van der Waals surface area contributed by atoms with Crippen LogP contribution in [0, 0.1) is 6.92 Å². The first-order valence-electron chi connectivity index (χ1n) is 10.5. The zero-order chi connectivity index (χ0) is 23.4. The molecule has 0 atom stereocenters. The van der Waals surface area contributed by atoms with E-state index in [2.05, 4.69) is 63.0 Å². The number of methoxy groups -OCH3 is 1. The highest BCUT2D eigenvalue weighted by molar-refractivity contribution is 7.22. The molecular formula is C23H29ClN4O2SSi-. The van der Waals surface area contributed by atoms with Crippen LogP contribution in [-0.2, 0) is 11.0 Å². The second-order valence-corrected chi connectivity index (χ2v) is 15.8. The molecule has 0 amide bonds. The molecule has 4 aromatic rings. The predicted molar refractivity (Wildman–Crippen MR) is 137 cm³/mol. The Kier molecular flexibility index (Phi) is 5.77. The van der Waals surface area contributed by atoms with Crippen molar-refractivity contribution in [3.63, 3.8) is 0 Å². The molecule has 6 nitrogen and oxygen atoms in total. The molecule has 32 heavy (non-hydrogen) atoms. The molecule has 0 aliphatic rings. The summed E-state index contributed by atoms with van der Waals surface area (Å²) < 4.78 is 14.9. The van der Waals surface area contributed by atoms with Gasteiger partial charge in [0.05, 0.1) is 11.8 Å². The molecule has 0 aliphatic heterocycles. The van der Waals surface area contributed by atoms with E-state index >= 15 is 0 Å². The van der Waals surface area contributed by atoms with Crippen molar-refractivity contribution < 1.29 is 9.16 Å². The van der Waals surface area contributed by atoms with Gasteiger partial charge >= 0.3 is 0 Å². The number of rotatable bonds is 5. The highest BCUT2D eigenvalue weighted by atomic mass is 35.5. The van der Waals surface area contributed by atoms with E-state index < -0.39 is 8.32 Å². The van der Waals surface area contributed by atoms with E-state index in [4.69, 9.17) is 26.5 Å². The zero-order valence-corrected chi connectivity index (χ0v) is 22.1. The van der Waals surface area contributed by atoms with Gasteiger partial charge in [-0.05, 0) is 38.3 Å². The lowest BCUT2D eigenvalue weighted by molar-refractivity contribution is 0.277. The van der Waals surface area contributed by atoms with E-state index in [1.165, 1.54) is 6.33 Å². The Balaban J connectivity index is 1.94. The van der Waals surface area contributed by atoms with Gasteiger partial charge in [-0.2, -0.15) is 5.10 Å². The van der Waals surface area contributed by atoms with Crippen LogP contribution < -0.4 is 10.5 Å². The molecule has 3 heterocycles. The first-order chi connectivity index (χ1) is 14.9. The maximum absolute atomic E-state index is 6.84. The first-order valence-corrected chi connectivity index (χ1v) is 14.6. The quantitative estimate of drug-likeness (QED) is 0.317. The number of ether oxygens (including phenoxy) is 1. The molecule has 0 saturated carbocycles. The summed E-state index contributed by atoms with van der Waals surface area (Å²) in [6.07, 6.45) is 1.42. The average Bonchev–Trinajstić information content (AvgIpc) is 3.24. The van der Waals surface area contributed by atoms with Crippen LogP contribution in [0.4, 0.5) is 5.82 Å². The van der Waals surface area contributed by atoms with E-state index in [0.29, 0.717) is 23.1 Å². The van der Waals surface area contributed by atoms with Crippen LogP contribution in [0.15, 0.2) is 24.5 Å². The molecule has 0 radical (unpaired) electrons. The SMILES string of the molecule is COc1cc(C)cc2cc(-c3c(CO[Si-](C)(C)C(C)(C)C)c(Cl)n4ncnc(N)c34)sc12. The summed E-state index contributed by atoms with van der Waals surface area (Å²) in [5.74, 6) is 1.24. The van der Waals surface area contributed by atoms with Gasteiger partial charge in [-0.3, -0.25) is 0 Å². The average molecular weight is 489 g/mol. The normalized spacial score (nSPS) is 12.8. The monoisotopic (exact) mass is 488 g/mol. The van der Waals surface area contributed by atoms with Crippen LogP contribution >= 0.6 is 22.9 Å². The van der Waals surface area contributed by atoms with E-state index in [-0.39, 0.29) is 5.04 Å². The van der Waals surface area contributed by atoms with Crippen molar-refractivity contribution >= 4 is 52.7 Å². The number of aromatic nitrogens is 3. The van der Waals surface area contributed by atoms with Crippen LogP contribution in [0.1, 0.15) is 31.9 Å². The molecule has 4 rings (SSSR count). The maximum Gasteiger partial charge on any atom is 0.152 e. The van der Waals surface area contributed by atoms with E-state index in [9.17, 15) is 0 Å². The number of halogens is 1. The number of nitrogens with two attached hydrogens (primary N) is 1. The van der Waals surface area contributed by atoms with Crippen molar-refractivity contribution in [3.8, 4) is 16.2 Å². The zero-order valence-electron chi connectivity index (χ0n) is 19.5. The second-order valence-electron chi connectivity index (χ2n) is 9.60. The van der Waals surface area contributed by atoms with Gasteiger partial charge in [0.15, 0.2) is 5.82 Å². The number of hydrogen-bond donors (Lipinski definition) is 1. The van der Waals surface area contributed by atoms with Gasteiger partial charge in [-0.15, -0.1) is 29.5 Å². The summed E-state index contributed by atoms with van der Waals surface area (Å²) in [4.78, 5) is 5.26. The first kappa shape index (κ1) is 23.0. The van der Waals surface area contributed by atoms with Gasteiger partial charge in [0.25, 0.3) is 0 Å². The third-order valence-electron chi connectivity index (χ3n) is 6.37. The Morgan fingerprint density at radius 1 is 1.22 bits per heavy atom. The van der Waals surface area contributed by atoms with Crippen LogP contribution in [0.3, 0.4) is 0 Å². The molecule has 0 saturated heterocycles. The molecule has 171 valence electrons. The molecule has 0 bridgehead atoms. The van der Waals surface area contributed by atoms with Crippen LogP contribution in [0.25, 0.3) is 26.0 Å². The molecule has 0 spiro atoms. The van der Waals surface area contributed by atoms with Crippen LogP contribution in [0.2, 0.25) is 23.3 Å². The number of fused-ring (bicyclic) bond motifs is 2. The summed E-state index contributed by atoms with van der Waals surface area (Å²) in [7, 11) is -0.306. The molecular weight excluding hydrogens is 460 g/mol. The van der Waals surface area contributed by atoms with E-state index in [1.807, 2.05) is 6.07 Å². The topological polar surface area (TPSA) is 74.7 Å². The minimum Gasteiger partial charge on any atom is -0.561 e. The van der Waals surface area contributed by atoms with Crippen molar-refractivity contribution in [1.29, 1.82) is 0 Å². The number of anilines is 1. The summed E-state index contributed by atoms with van der Waals surface area (Å²) in [5.41, 5.74) is 9.97. The fourth-order valence-electron chi connectivity index (χ4n) is 3.53. The standard InChI is InChI=1S/C23H29ClN4O2SSi/c1-13-8-14-10-17(31-20(14)16(9-13)29-5)18-15(11-30-32(6,7)23(2,3)4)21(24)28-19(18)22(25)26-12-27-28/h8-10,12H,11H2,1-7H3,(H2,25,26,27)/q-1. The maximum atomic E-state index is 6.84. The number of aryl methyl sites for hydroxylation is 1. The molecule has 3 aromatic heterocycles. The number of nitrogens with zero attached hydrogens (tertiary/aromatic N) is 3. The van der Waals surface area contributed by atoms with Gasteiger partial charge in [-0.1, -0.05) is 38.4 Å². The number of hydrogen-bond acceptors (Lipinski definition) is 6. The Morgan fingerprint density at radius 3 is 2.59 bits per heavy atom. The largest absolute Gasteiger partial charge is 0.561 e. The summed E-state index contributed by atoms with van der Waals surface area (Å²) in [6.45, 7) is 13.6. The number of benzene rings is 1.